The Morgan fingerprint density at radius 2 is 1.94 bits per heavy atom. The quantitative estimate of drug-likeness (QED) is 0.399. The first-order chi connectivity index (χ1) is 7.24. The van der Waals surface area contributed by atoms with Gasteiger partial charge in [-0.25, -0.2) is 0 Å². The third-order valence-electron chi connectivity index (χ3n) is 1.80. The standard InChI is InChI=1S/C8H11ClN4O2S/c1-4-2-5(9)6(10)3-7(4)16(14,15)13-8(11)12/h2-3H,10H2,1H3,(H4,11,12,13). The smallest absolute Gasteiger partial charge is 0.285 e. The van der Waals surface area contributed by atoms with Crippen molar-refractivity contribution in [1.82, 2.24) is 0 Å². The van der Waals surface area contributed by atoms with Crippen LogP contribution in [0, 0.1) is 6.92 Å². The van der Waals surface area contributed by atoms with Crippen molar-refractivity contribution in [1.29, 1.82) is 0 Å². The molecule has 0 bridgehead atoms. The fourth-order valence-electron chi connectivity index (χ4n) is 1.13. The van der Waals surface area contributed by atoms with Crippen LogP contribution in [-0.2, 0) is 10.0 Å². The largest absolute Gasteiger partial charge is 0.397 e. The zero-order chi connectivity index (χ0) is 12.5. The number of hydrogen-bond donors (Lipinski definition) is 3. The lowest BCUT2D eigenvalue weighted by Gasteiger charge is -2.06. The number of anilines is 1. The number of nitrogens with zero attached hydrogens (tertiary/aromatic N) is 1. The first-order valence-corrected chi connectivity index (χ1v) is 5.97. The minimum atomic E-state index is -3.93. The highest BCUT2D eigenvalue weighted by atomic mass is 35.5. The van der Waals surface area contributed by atoms with E-state index in [1.165, 1.54) is 12.1 Å². The summed E-state index contributed by atoms with van der Waals surface area (Å²) in [5.41, 5.74) is 16.1. The molecule has 0 atom stereocenters. The number of hydrogen-bond acceptors (Lipinski definition) is 3. The molecular formula is C8H11ClN4O2S. The summed E-state index contributed by atoms with van der Waals surface area (Å²) in [5, 5.41) is 0.279. The molecule has 0 saturated heterocycles. The van der Waals surface area contributed by atoms with E-state index >= 15 is 0 Å². The van der Waals surface area contributed by atoms with Crippen LogP contribution in [0.3, 0.4) is 0 Å². The van der Waals surface area contributed by atoms with Crippen LogP contribution in [0.5, 0.6) is 0 Å². The second-order valence-corrected chi connectivity index (χ2v) is 5.11. The zero-order valence-corrected chi connectivity index (χ0v) is 10.0. The Morgan fingerprint density at radius 3 is 2.44 bits per heavy atom. The van der Waals surface area contributed by atoms with E-state index in [1.807, 2.05) is 0 Å². The monoisotopic (exact) mass is 262 g/mol. The number of halogens is 1. The lowest BCUT2D eigenvalue weighted by molar-refractivity contribution is 0.597. The molecule has 6 nitrogen and oxygen atoms in total. The topological polar surface area (TPSA) is 125 Å². The van der Waals surface area contributed by atoms with E-state index in [0.29, 0.717) is 5.56 Å². The SMILES string of the molecule is Cc1cc(Cl)c(N)cc1S(=O)(=O)N=C(N)N. The normalized spacial score (nSPS) is 11.1. The second-order valence-electron chi connectivity index (χ2n) is 3.13. The van der Waals surface area contributed by atoms with E-state index in [-0.39, 0.29) is 15.6 Å². The number of guanidine groups is 1. The van der Waals surface area contributed by atoms with E-state index in [0.717, 1.165) is 0 Å². The minimum Gasteiger partial charge on any atom is -0.397 e. The number of rotatable bonds is 2. The van der Waals surface area contributed by atoms with Crippen LogP contribution >= 0.6 is 11.6 Å². The van der Waals surface area contributed by atoms with Crippen LogP contribution in [0.1, 0.15) is 5.56 Å². The molecule has 88 valence electrons. The predicted molar refractivity (Wildman–Crippen MR) is 63.6 cm³/mol. The summed E-state index contributed by atoms with van der Waals surface area (Å²) in [6, 6.07) is 2.66. The summed E-state index contributed by atoms with van der Waals surface area (Å²) in [4.78, 5) is -0.0669. The molecule has 0 radical (unpaired) electrons. The molecular weight excluding hydrogens is 252 g/mol. The molecule has 16 heavy (non-hydrogen) atoms. The number of benzene rings is 1. The Hall–Kier alpha value is -1.47. The van der Waals surface area contributed by atoms with Crippen LogP contribution in [0.15, 0.2) is 21.4 Å². The highest BCUT2D eigenvalue weighted by Gasteiger charge is 2.17. The van der Waals surface area contributed by atoms with Crippen LogP contribution in [0.4, 0.5) is 5.69 Å². The van der Waals surface area contributed by atoms with Gasteiger partial charge in [-0.05, 0) is 24.6 Å². The molecule has 0 aliphatic heterocycles. The van der Waals surface area contributed by atoms with Crippen molar-refractivity contribution < 1.29 is 8.42 Å². The third kappa shape index (κ3) is 2.56. The van der Waals surface area contributed by atoms with Crippen molar-refractivity contribution in [3.05, 3.63) is 22.7 Å². The molecule has 0 aliphatic carbocycles. The van der Waals surface area contributed by atoms with Gasteiger partial charge in [0.2, 0.25) is 5.96 Å². The van der Waals surface area contributed by atoms with Crippen LogP contribution < -0.4 is 17.2 Å². The van der Waals surface area contributed by atoms with Crippen molar-refractivity contribution in [2.24, 2.45) is 15.9 Å². The second kappa shape index (κ2) is 4.18. The van der Waals surface area contributed by atoms with Crippen LogP contribution in [-0.4, -0.2) is 14.4 Å². The van der Waals surface area contributed by atoms with Gasteiger partial charge in [0.15, 0.2) is 0 Å². The molecule has 0 aliphatic rings. The van der Waals surface area contributed by atoms with Gasteiger partial charge in [-0.15, -0.1) is 4.40 Å². The molecule has 0 heterocycles. The maximum absolute atomic E-state index is 11.7. The zero-order valence-electron chi connectivity index (χ0n) is 8.44. The molecule has 0 fully saturated rings. The number of nitrogens with two attached hydrogens (primary N) is 3. The van der Waals surface area contributed by atoms with Crippen LogP contribution in [0.2, 0.25) is 5.02 Å². The van der Waals surface area contributed by atoms with E-state index in [4.69, 9.17) is 28.8 Å². The summed E-state index contributed by atoms with van der Waals surface area (Å²) >= 11 is 5.74. The summed E-state index contributed by atoms with van der Waals surface area (Å²) in [7, 11) is -3.93. The molecule has 8 heteroatoms. The number of aryl methyl sites for hydroxylation is 1. The molecule has 0 saturated carbocycles. The summed E-state index contributed by atoms with van der Waals surface area (Å²) < 4.78 is 26.5. The van der Waals surface area contributed by atoms with Gasteiger partial charge < -0.3 is 17.2 Å². The van der Waals surface area contributed by atoms with Crippen molar-refractivity contribution in [3.63, 3.8) is 0 Å². The molecule has 1 rings (SSSR count). The Labute approximate surface area is 98.1 Å². The lowest BCUT2D eigenvalue weighted by Crippen LogP contribution is -2.24. The first-order valence-electron chi connectivity index (χ1n) is 4.15. The minimum absolute atomic E-state index is 0.0669. The van der Waals surface area contributed by atoms with Crippen molar-refractivity contribution in [2.75, 3.05) is 5.73 Å². The van der Waals surface area contributed by atoms with E-state index in [2.05, 4.69) is 4.40 Å². The van der Waals surface area contributed by atoms with Crippen LogP contribution in [0.25, 0.3) is 0 Å². The van der Waals surface area contributed by atoms with E-state index < -0.39 is 16.0 Å². The Morgan fingerprint density at radius 1 is 1.38 bits per heavy atom. The average molecular weight is 263 g/mol. The maximum Gasteiger partial charge on any atom is 0.285 e. The fourth-order valence-corrected chi connectivity index (χ4v) is 2.47. The molecule has 6 N–H and O–H groups in total. The average Bonchev–Trinajstić information content (AvgIpc) is 2.08. The Kier molecular flexibility index (Phi) is 3.30. The summed E-state index contributed by atoms with van der Waals surface area (Å²) in [5.74, 6) is -0.534. The van der Waals surface area contributed by atoms with Gasteiger partial charge in [-0.3, -0.25) is 0 Å². The Balaban J connectivity index is 3.46. The van der Waals surface area contributed by atoms with Crippen molar-refractivity contribution >= 4 is 33.3 Å². The predicted octanol–water partition coefficient (Wildman–Crippen LogP) is 0.193. The first kappa shape index (κ1) is 12.6. The van der Waals surface area contributed by atoms with Gasteiger partial charge in [0, 0.05) is 0 Å². The highest BCUT2D eigenvalue weighted by Crippen LogP contribution is 2.27. The highest BCUT2D eigenvalue weighted by molar-refractivity contribution is 7.90. The van der Waals surface area contributed by atoms with Crippen molar-refractivity contribution in [2.45, 2.75) is 11.8 Å². The van der Waals surface area contributed by atoms with Gasteiger partial charge >= 0.3 is 0 Å². The molecule has 0 aromatic heterocycles. The van der Waals surface area contributed by atoms with Gasteiger partial charge in [0.1, 0.15) is 0 Å². The third-order valence-corrected chi connectivity index (χ3v) is 3.57. The van der Waals surface area contributed by atoms with Gasteiger partial charge in [0.05, 0.1) is 15.6 Å². The maximum atomic E-state index is 11.7. The summed E-state index contributed by atoms with van der Waals surface area (Å²) in [6.07, 6.45) is 0. The molecule has 0 amide bonds. The Bertz CT molecular complexity index is 549. The summed E-state index contributed by atoms with van der Waals surface area (Å²) in [6.45, 7) is 1.57. The molecule has 1 aromatic rings. The number of sulfonamides is 1. The van der Waals surface area contributed by atoms with Gasteiger partial charge in [0.25, 0.3) is 10.0 Å². The van der Waals surface area contributed by atoms with E-state index in [9.17, 15) is 8.42 Å². The molecule has 0 unspecified atom stereocenters. The fraction of sp³-hybridized carbons (Fsp3) is 0.125. The van der Waals surface area contributed by atoms with Gasteiger partial charge in [-0.2, -0.15) is 8.42 Å². The molecule has 1 aromatic carbocycles. The van der Waals surface area contributed by atoms with Crippen molar-refractivity contribution in [3.8, 4) is 0 Å². The number of nitrogen functional groups attached to an aromatic ring is 1. The molecule has 0 spiro atoms. The van der Waals surface area contributed by atoms with E-state index in [1.54, 1.807) is 6.92 Å². The van der Waals surface area contributed by atoms with Gasteiger partial charge in [-0.1, -0.05) is 11.6 Å². The lowest BCUT2D eigenvalue weighted by atomic mass is 10.2.